The third-order valence-corrected chi connectivity index (χ3v) is 1.68. The molecular weight excluding hydrogens is 204 g/mol. The van der Waals surface area contributed by atoms with E-state index in [0.717, 1.165) is 0 Å². The first-order valence-electron chi connectivity index (χ1n) is 3.72. The SMILES string of the molecule is CC#Cc1c(NC(=O)O)ccnc1Cl. The number of rotatable bonds is 1. The van der Waals surface area contributed by atoms with Crippen molar-refractivity contribution in [2.75, 3.05) is 5.32 Å². The Morgan fingerprint density at radius 3 is 3.00 bits per heavy atom. The van der Waals surface area contributed by atoms with Gasteiger partial charge in [-0.15, -0.1) is 5.92 Å². The van der Waals surface area contributed by atoms with Gasteiger partial charge in [-0.05, 0) is 13.0 Å². The molecule has 0 unspecified atom stereocenters. The van der Waals surface area contributed by atoms with Gasteiger partial charge in [-0.3, -0.25) is 5.32 Å². The van der Waals surface area contributed by atoms with Crippen LogP contribution in [0.25, 0.3) is 0 Å². The maximum absolute atomic E-state index is 10.4. The number of hydrogen-bond acceptors (Lipinski definition) is 2. The Bertz CT molecular complexity index is 421. The Kier molecular flexibility index (Phi) is 3.32. The molecule has 0 radical (unpaired) electrons. The van der Waals surface area contributed by atoms with Crippen molar-refractivity contribution in [3.8, 4) is 11.8 Å². The van der Waals surface area contributed by atoms with Crippen molar-refractivity contribution in [3.63, 3.8) is 0 Å². The highest BCUT2D eigenvalue weighted by molar-refractivity contribution is 6.31. The number of nitrogens with zero attached hydrogens (tertiary/aromatic N) is 1. The minimum absolute atomic E-state index is 0.186. The Hall–Kier alpha value is -1.73. The van der Waals surface area contributed by atoms with E-state index in [1.54, 1.807) is 6.92 Å². The van der Waals surface area contributed by atoms with E-state index in [1.807, 2.05) is 0 Å². The average molecular weight is 211 g/mol. The lowest BCUT2D eigenvalue weighted by Crippen LogP contribution is -2.09. The van der Waals surface area contributed by atoms with Crippen molar-refractivity contribution in [1.29, 1.82) is 0 Å². The summed E-state index contributed by atoms with van der Waals surface area (Å²) in [6.45, 7) is 1.63. The van der Waals surface area contributed by atoms with Gasteiger partial charge in [-0.25, -0.2) is 9.78 Å². The second kappa shape index (κ2) is 4.49. The fourth-order valence-corrected chi connectivity index (χ4v) is 1.10. The second-order valence-corrected chi connectivity index (χ2v) is 2.69. The molecule has 0 aliphatic carbocycles. The fraction of sp³-hybridized carbons (Fsp3) is 0.111. The van der Waals surface area contributed by atoms with Gasteiger partial charge in [0.15, 0.2) is 0 Å². The zero-order valence-corrected chi connectivity index (χ0v) is 8.09. The van der Waals surface area contributed by atoms with Gasteiger partial charge >= 0.3 is 6.09 Å². The summed E-state index contributed by atoms with van der Waals surface area (Å²) in [7, 11) is 0. The van der Waals surface area contributed by atoms with Gasteiger partial charge in [-0.2, -0.15) is 0 Å². The van der Waals surface area contributed by atoms with E-state index in [-0.39, 0.29) is 5.15 Å². The predicted octanol–water partition coefficient (Wildman–Crippen LogP) is 2.20. The molecule has 0 fully saturated rings. The molecule has 14 heavy (non-hydrogen) atoms. The Morgan fingerprint density at radius 1 is 1.71 bits per heavy atom. The Balaban J connectivity index is 3.18. The van der Waals surface area contributed by atoms with Crippen molar-refractivity contribution in [2.45, 2.75) is 6.92 Å². The standard InChI is InChI=1S/C9H7ClN2O2/c1-2-3-6-7(12-9(13)14)4-5-11-8(6)10/h4-5H,1H3,(H,11,12)(H,13,14). The van der Waals surface area contributed by atoms with Gasteiger partial charge in [0.1, 0.15) is 5.15 Å². The van der Waals surface area contributed by atoms with Crippen LogP contribution < -0.4 is 5.32 Å². The first-order chi connectivity index (χ1) is 6.65. The third kappa shape index (κ3) is 2.38. The van der Waals surface area contributed by atoms with Crippen LogP contribution >= 0.6 is 11.6 Å². The molecule has 0 bridgehead atoms. The van der Waals surface area contributed by atoms with Crippen LogP contribution in [0.4, 0.5) is 10.5 Å². The van der Waals surface area contributed by atoms with Gasteiger partial charge in [-0.1, -0.05) is 17.5 Å². The highest BCUT2D eigenvalue weighted by Crippen LogP contribution is 2.20. The fourth-order valence-electron chi connectivity index (χ4n) is 0.900. The summed E-state index contributed by atoms with van der Waals surface area (Å²) < 4.78 is 0. The molecule has 0 aromatic carbocycles. The van der Waals surface area contributed by atoms with Crippen LogP contribution in [0.2, 0.25) is 5.15 Å². The monoisotopic (exact) mass is 210 g/mol. The second-order valence-electron chi connectivity index (χ2n) is 2.33. The molecule has 4 nitrogen and oxygen atoms in total. The number of pyridine rings is 1. The van der Waals surface area contributed by atoms with Crippen LogP contribution in [0.5, 0.6) is 0 Å². The summed E-state index contributed by atoms with van der Waals surface area (Å²) in [5, 5.41) is 10.9. The lowest BCUT2D eigenvalue weighted by Gasteiger charge is -2.04. The number of carbonyl (C=O) groups is 1. The molecule has 1 aromatic rings. The molecule has 0 saturated heterocycles. The lowest BCUT2D eigenvalue weighted by atomic mass is 10.2. The Labute approximate surface area is 85.9 Å². The van der Waals surface area contributed by atoms with Crippen molar-refractivity contribution >= 4 is 23.4 Å². The molecule has 0 aliphatic rings. The van der Waals surface area contributed by atoms with Crippen LogP contribution in [0, 0.1) is 11.8 Å². The lowest BCUT2D eigenvalue weighted by molar-refractivity contribution is 0.209. The maximum atomic E-state index is 10.4. The van der Waals surface area contributed by atoms with E-state index in [1.165, 1.54) is 12.3 Å². The van der Waals surface area contributed by atoms with E-state index in [9.17, 15) is 4.79 Å². The largest absolute Gasteiger partial charge is 0.465 e. The van der Waals surface area contributed by atoms with Crippen LogP contribution in [-0.2, 0) is 0 Å². The number of aromatic nitrogens is 1. The molecular formula is C9H7ClN2O2. The summed E-state index contributed by atoms with van der Waals surface area (Å²) in [4.78, 5) is 14.2. The van der Waals surface area contributed by atoms with Gasteiger partial charge in [0.2, 0.25) is 0 Å². The topological polar surface area (TPSA) is 62.2 Å². The minimum Gasteiger partial charge on any atom is -0.465 e. The predicted molar refractivity (Wildman–Crippen MR) is 53.4 cm³/mol. The van der Waals surface area contributed by atoms with Crippen molar-refractivity contribution in [2.24, 2.45) is 0 Å². The van der Waals surface area contributed by atoms with Crippen molar-refractivity contribution in [1.82, 2.24) is 4.98 Å². The number of carboxylic acid groups (broad SMARTS) is 1. The van der Waals surface area contributed by atoms with Gasteiger partial charge < -0.3 is 5.11 Å². The summed E-state index contributed by atoms with van der Waals surface area (Å²) >= 11 is 5.75. The Morgan fingerprint density at radius 2 is 2.43 bits per heavy atom. The number of anilines is 1. The quantitative estimate of drug-likeness (QED) is 0.552. The first kappa shape index (κ1) is 10.4. The number of halogens is 1. The third-order valence-electron chi connectivity index (χ3n) is 1.40. The summed E-state index contributed by atoms with van der Waals surface area (Å²) in [6, 6.07) is 1.50. The molecule has 1 rings (SSSR count). The molecule has 0 atom stereocenters. The van der Waals surface area contributed by atoms with E-state index >= 15 is 0 Å². The zero-order chi connectivity index (χ0) is 10.6. The zero-order valence-electron chi connectivity index (χ0n) is 7.34. The molecule has 2 N–H and O–H groups in total. The maximum Gasteiger partial charge on any atom is 0.409 e. The smallest absolute Gasteiger partial charge is 0.409 e. The summed E-state index contributed by atoms with van der Waals surface area (Å²) in [6.07, 6.45) is 0.250. The molecule has 1 aromatic heterocycles. The van der Waals surface area contributed by atoms with E-state index < -0.39 is 6.09 Å². The average Bonchev–Trinajstić information content (AvgIpc) is 2.10. The molecule has 0 aliphatic heterocycles. The summed E-state index contributed by atoms with van der Waals surface area (Å²) in [5.74, 6) is 5.31. The van der Waals surface area contributed by atoms with Crippen LogP contribution in [0.15, 0.2) is 12.3 Å². The van der Waals surface area contributed by atoms with E-state index in [4.69, 9.17) is 16.7 Å². The van der Waals surface area contributed by atoms with Gasteiger partial charge in [0, 0.05) is 6.20 Å². The highest BCUT2D eigenvalue weighted by Gasteiger charge is 2.07. The van der Waals surface area contributed by atoms with Crippen LogP contribution in [0.3, 0.4) is 0 Å². The summed E-state index contributed by atoms with van der Waals surface area (Å²) in [5.41, 5.74) is 0.728. The number of hydrogen-bond donors (Lipinski definition) is 2. The molecule has 5 heteroatoms. The highest BCUT2D eigenvalue weighted by atomic mass is 35.5. The van der Waals surface area contributed by atoms with Crippen LogP contribution in [-0.4, -0.2) is 16.2 Å². The van der Waals surface area contributed by atoms with Gasteiger partial charge in [0.05, 0.1) is 11.3 Å². The molecule has 1 heterocycles. The molecule has 0 saturated carbocycles. The van der Waals surface area contributed by atoms with E-state index in [2.05, 4.69) is 22.1 Å². The van der Waals surface area contributed by atoms with Crippen LogP contribution in [0.1, 0.15) is 12.5 Å². The molecule has 0 spiro atoms. The van der Waals surface area contributed by atoms with E-state index in [0.29, 0.717) is 11.3 Å². The number of nitrogens with one attached hydrogen (secondary N) is 1. The van der Waals surface area contributed by atoms with Crippen molar-refractivity contribution in [3.05, 3.63) is 23.0 Å². The number of amides is 1. The molecule has 72 valence electrons. The van der Waals surface area contributed by atoms with Gasteiger partial charge in [0.25, 0.3) is 0 Å². The normalized spacial score (nSPS) is 8.71. The first-order valence-corrected chi connectivity index (χ1v) is 4.10. The molecule has 1 amide bonds. The van der Waals surface area contributed by atoms with Crippen molar-refractivity contribution < 1.29 is 9.90 Å². The minimum atomic E-state index is -1.16.